The molecule has 0 bridgehead atoms. The fraction of sp³-hybridized carbons (Fsp3) is 0.267. The molecule has 4 heteroatoms. The van der Waals surface area contributed by atoms with Gasteiger partial charge in [-0.1, -0.05) is 12.1 Å². The number of aryl methyl sites for hydroxylation is 2. The Morgan fingerprint density at radius 3 is 2.95 bits per heavy atom. The van der Waals surface area contributed by atoms with Crippen molar-refractivity contribution < 1.29 is 9.90 Å². The summed E-state index contributed by atoms with van der Waals surface area (Å²) in [5.74, 6) is 0.180. The Kier molecular flexibility index (Phi) is 3.03. The van der Waals surface area contributed by atoms with Crippen molar-refractivity contribution >= 4 is 22.9 Å². The van der Waals surface area contributed by atoms with Gasteiger partial charge < -0.3 is 10.0 Å². The topological polar surface area (TPSA) is 40.5 Å². The summed E-state index contributed by atoms with van der Waals surface area (Å²) in [6.45, 7) is 2.61. The number of fused-ring (bicyclic) bond motifs is 1. The third-order valence-electron chi connectivity index (χ3n) is 3.53. The van der Waals surface area contributed by atoms with Crippen LogP contribution < -0.4 is 4.90 Å². The Morgan fingerprint density at radius 1 is 1.37 bits per heavy atom. The van der Waals surface area contributed by atoms with Crippen molar-refractivity contribution in [1.29, 1.82) is 0 Å². The average molecular weight is 273 g/mol. The number of hydrogen-bond acceptors (Lipinski definition) is 3. The van der Waals surface area contributed by atoms with E-state index >= 15 is 0 Å². The molecule has 1 aromatic heterocycles. The first-order valence-corrected chi connectivity index (χ1v) is 7.28. The summed E-state index contributed by atoms with van der Waals surface area (Å²) >= 11 is 1.53. The second-order valence-electron chi connectivity index (χ2n) is 4.81. The number of aromatic hydroxyl groups is 1. The van der Waals surface area contributed by atoms with Gasteiger partial charge in [-0.3, -0.25) is 4.79 Å². The molecule has 0 atom stereocenters. The highest BCUT2D eigenvalue weighted by atomic mass is 32.1. The average Bonchev–Trinajstić information content (AvgIpc) is 2.84. The molecule has 0 spiro atoms. The molecule has 3 rings (SSSR count). The van der Waals surface area contributed by atoms with Crippen LogP contribution in [0.25, 0.3) is 0 Å². The Hall–Kier alpha value is -1.81. The van der Waals surface area contributed by atoms with Crippen LogP contribution >= 0.6 is 11.3 Å². The van der Waals surface area contributed by atoms with Gasteiger partial charge in [0.1, 0.15) is 5.75 Å². The zero-order valence-electron chi connectivity index (χ0n) is 10.7. The third kappa shape index (κ3) is 2.02. The first-order chi connectivity index (χ1) is 9.18. The smallest absolute Gasteiger partial charge is 0.259 e. The van der Waals surface area contributed by atoms with Gasteiger partial charge in [0.25, 0.3) is 5.91 Å². The van der Waals surface area contributed by atoms with Crippen molar-refractivity contribution in [1.82, 2.24) is 0 Å². The number of nitrogens with zero attached hydrogens (tertiary/aromatic N) is 1. The van der Waals surface area contributed by atoms with Crippen molar-refractivity contribution in [2.24, 2.45) is 0 Å². The largest absolute Gasteiger partial charge is 0.506 e. The molecule has 0 saturated heterocycles. The second-order valence-corrected chi connectivity index (χ2v) is 5.56. The predicted octanol–water partition coefficient (Wildman–Crippen LogP) is 3.36. The van der Waals surface area contributed by atoms with E-state index in [0.29, 0.717) is 12.2 Å². The van der Waals surface area contributed by atoms with E-state index in [1.165, 1.54) is 11.3 Å². The Labute approximate surface area is 116 Å². The molecule has 2 heterocycles. The molecule has 1 aliphatic rings. The van der Waals surface area contributed by atoms with E-state index in [2.05, 4.69) is 0 Å². The van der Waals surface area contributed by atoms with Crippen LogP contribution in [0.1, 0.15) is 27.9 Å². The van der Waals surface area contributed by atoms with Crippen LogP contribution in [0.15, 0.2) is 29.0 Å². The lowest BCUT2D eigenvalue weighted by Crippen LogP contribution is -2.35. The molecule has 0 saturated carbocycles. The van der Waals surface area contributed by atoms with Gasteiger partial charge in [-0.15, -0.1) is 0 Å². The van der Waals surface area contributed by atoms with Crippen LogP contribution in [0.5, 0.6) is 5.75 Å². The summed E-state index contributed by atoms with van der Waals surface area (Å²) < 4.78 is 0. The molecule has 98 valence electrons. The van der Waals surface area contributed by atoms with Crippen LogP contribution in [0.3, 0.4) is 0 Å². The Bertz CT molecular complexity index is 633. The minimum absolute atomic E-state index is 0.0128. The maximum atomic E-state index is 12.6. The minimum Gasteiger partial charge on any atom is -0.506 e. The predicted molar refractivity (Wildman–Crippen MR) is 77.2 cm³/mol. The summed E-state index contributed by atoms with van der Waals surface area (Å²) in [6.07, 6.45) is 1.85. The standard InChI is InChI=1S/C15H15NO2S/c1-10-8-19-9-12(10)15(18)16-7-3-5-11-4-2-6-13(17)14(11)16/h2,4,6,8-9,17H,3,5,7H2,1H3. The molecular weight excluding hydrogens is 258 g/mol. The number of phenols is 1. The van der Waals surface area contributed by atoms with E-state index in [0.717, 1.165) is 29.5 Å². The second kappa shape index (κ2) is 4.70. The molecule has 0 fully saturated rings. The van der Waals surface area contributed by atoms with Crippen molar-refractivity contribution in [3.63, 3.8) is 0 Å². The van der Waals surface area contributed by atoms with Gasteiger partial charge in [0, 0.05) is 11.9 Å². The number of carbonyl (C=O) groups excluding carboxylic acids is 1. The van der Waals surface area contributed by atoms with E-state index in [4.69, 9.17) is 0 Å². The summed E-state index contributed by atoms with van der Waals surface area (Å²) in [7, 11) is 0. The lowest BCUT2D eigenvalue weighted by molar-refractivity contribution is 0.0984. The van der Waals surface area contributed by atoms with Gasteiger partial charge in [-0.25, -0.2) is 0 Å². The first kappa shape index (κ1) is 12.2. The number of hydrogen-bond donors (Lipinski definition) is 1. The molecular formula is C15H15NO2S. The number of rotatable bonds is 1. The maximum absolute atomic E-state index is 12.6. The zero-order valence-corrected chi connectivity index (χ0v) is 11.5. The van der Waals surface area contributed by atoms with Crippen molar-refractivity contribution in [3.8, 4) is 5.75 Å². The van der Waals surface area contributed by atoms with Gasteiger partial charge in [-0.05, 0) is 42.3 Å². The number of amides is 1. The fourth-order valence-corrected chi connectivity index (χ4v) is 3.38. The number of benzene rings is 1. The number of carbonyl (C=O) groups is 1. The number of para-hydroxylation sites is 1. The maximum Gasteiger partial charge on any atom is 0.259 e. The third-order valence-corrected chi connectivity index (χ3v) is 4.39. The van der Waals surface area contributed by atoms with Gasteiger partial charge in [0.2, 0.25) is 0 Å². The monoisotopic (exact) mass is 273 g/mol. The number of thiophene rings is 1. The molecule has 1 aromatic carbocycles. The van der Waals surface area contributed by atoms with Gasteiger partial charge in [0.05, 0.1) is 11.3 Å². The molecule has 1 N–H and O–H groups in total. The van der Waals surface area contributed by atoms with Gasteiger partial charge in [0.15, 0.2) is 0 Å². The fourth-order valence-electron chi connectivity index (χ4n) is 2.56. The van der Waals surface area contributed by atoms with E-state index in [-0.39, 0.29) is 11.7 Å². The Morgan fingerprint density at radius 2 is 2.21 bits per heavy atom. The lowest BCUT2D eigenvalue weighted by Gasteiger charge is -2.30. The molecule has 2 aromatic rings. The van der Waals surface area contributed by atoms with Crippen LogP contribution in [0.2, 0.25) is 0 Å². The quantitative estimate of drug-likeness (QED) is 0.865. The molecule has 3 nitrogen and oxygen atoms in total. The summed E-state index contributed by atoms with van der Waals surface area (Å²) in [5, 5.41) is 13.9. The van der Waals surface area contributed by atoms with E-state index in [9.17, 15) is 9.90 Å². The highest BCUT2D eigenvalue weighted by molar-refractivity contribution is 7.08. The SMILES string of the molecule is Cc1cscc1C(=O)N1CCCc2cccc(O)c21. The van der Waals surface area contributed by atoms with Gasteiger partial charge in [-0.2, -0.15) is 11.3 Å². The van der Waals surface area contributed by atoms with E-state index < -0.39 is 0 Å². The summed E-state index contributed by atoms with van der Waals surface area (Å²) in [5.41, 5.74) is 3.47. The van der Waals surface area contributed by atoms with E-state index in [1.54, 1.807) is 11.0 Å². The minimum atomic E-state index is -0.0128. The van der Waals surface area contributed by atoms with Crippen molar-refractivity contribution in [2.45, 2.75) is 19.8 Å². The highest BCUT2D eigenvalue weighted by Crippen LogP contribution is 2.36. The number of anilines is 1. The van der Waals surface area contributed by atoms with Crippen LogP contribution in [0, 0.1) is 6.92 Å². The van der Waals surface area contributed by atoms with Crippen LogP contribution in [-0.4, -0.2) is 17.6 Å². The molecule has 0 aliphatic carbocycles. The van der Waals surface area contributed by atoms with Crippen LogP contribution in [0.4, 0.5) is 5.69 Å². The highest BCUT2D eigenvalue weighted by Gasteiger charge is 2.27. The van der Waals surface area contributed by atoms with E-state index in [1.807, 2.05) is 29.8 Å². The molecule has 1 amide bonds. The zero-order chi connectivity index (χ0) is 13.4. The first-order valence-electron chi connectivity index (χ1n) is 6.34. The summed E-state index contributed by atoms with van der Waals surface area (Å²) in [6, 6.07) is 5.46. The molecule has 1 aliphatic heterocycles. The Balaban J connectivity index is 2.05. The van der Waals surface area contributed by atoms with Crippen molar-refractivity contribution in [3.05, 3.63) is 45.6 Å². The molecule has 0 unspecified atom stereocenters. The molecule has 19 heavy (non-hydrogen) atoms. The summed E-state index contributed by atoms with van der Waals surface area (Å²) in [4.78, 5) is 14.3. The van der Waals surface area contributed by atoms with Gasteiger partial charge >= 0.3 is 0 Å². The lowest BCUT2D eigenvalue weighted by atomic mass is 10.00. The number of phenolic OH excluding ortho intramolecular Hbond substituents is 1. The van der Waals surface area contributed by atoms with Crippen LogP contribution in [-0.2, 0) is 6.42 Å². The van der Waals surface area contributed by atoms with Crippen molar-refractivity contribution in [2.75, 3.05) is 11.4 Å². The normalized spacial score (nSPS) is 14.3. The molecule has 0 radical (unpaired) electrons.